The second-order valence-electron chi connectivity index (χ2n) is 6.01. The zero-order chi connectivity index (χ0) is 17.5. The molecule has 2 N–H and O–H groups in total. The molecule has 0 aliphatic carbocycles. The van der Waals surface area contributed by atoms with Gasteiger partial charge in [0.2, 0.25) is 0 Å². The van der Waals surface area contributed by atoms with E-state index in [1.54, 1.807) is 18.4 Å². The number of nitrogens with zero attached hydrogens (tertiary/aromatic N) is 3. The van der Waals surface area contributed by atoms with Gasteiger partial charge in [0, 0.05) is 37.8 Å². The van der Waals surface area contributed by atoms with Crippen LogP contribution in [0.3, 0.4) is 0 Å². The molecule has 0 bridgehead atoms. The van der Waals surface area contributed by atoms with E-state index in [2.05, 4.69) is 62.1 Å². The molecule has 25 heavy (non-hydrogen) atoms. The number of hydrogen-bond donors (Lipinski definition) is 2. The van der Waals surface area contributed by atoms with Crippen LogP contribution in [0, 0.1) is 0 Å². The minimum atomic E-state index is 0.259. The fourth-order valence-corrected chi connectivity index (χ4v) is 3.37. The summed E-state index contributed by atoms with van der Waals surface area (Å²) in [5.74, 6) is 1.80. The molecule has 0 saturated carbocycles. The molecule has 2 aromatic heterocycles. The largest absolute Gasteiger partial charge is 0.375 e. The molecule has 1 atom stereocenters. The molecule has 6 nitrogen and oxygen atoms in total. The Labute approximate surface area is 152 Å². The molecule has 7 heteroatoms. The van der Waals surface area contributed by atoms with Gasteiger partial charge in [-0.15, -0.1) is 11.3 Å². The Morgan fingerprint density at radius 3 is 2.92 bits per heavy atom. The number of thiophene rings is 1. The second-order valence-corrected chi connectivity index (χ2v) is 7.04. The van der Waals surface area contributed by atoms with Gasteiger partial charge in [0.1, 0.15) is 5.82 Å². The molecule has 0 aromatic carbocycles. The summed E-state index contributed by atoms with van der Waals surface area (Å²) in [7, 11) is 1.78. The SMILES string of the molecule is CN=C(NCc1ccc(N2CCOC(C)C2)nc1)NCc1cccs1. The van der Waals surface area contributed by atoms with Crippen LogP contribution in [0.15, 0.2) is 40.8 Å². The van der Waals surface area contributed by atoms with E-state index in [9.17, 15) is 0 Å². The molecule has 134 valence electrons. The summed E-state index contributed by atoms with van der Waals surface area (Å²) < 4.78 is 5.58. The highest BCUT2D eigenvalue weighted by Gasteiger charge is 2.17. The van der Waals surface area contributed by atoms with Crippen molar-refractivity contribution >= 4 is 23.1 Å². The van der Waals surface area contributed by atoms with Crippen LogP contribution in [0.1, 0.15) is 17.4 Å². The lowest BCUT2D eigenvalue weighted by Crippen LogP contribution is -2.41. The Kier molecular flexibility index (Phi) is 6.25. The third-order valence-electron chi connectivity index (χ3n) is 4.07. The number of ether oxygens (including phenoxy) is 1. The van der Waals surface area contributed by atoms with Crippen molar-refractivity contribution in [2.75, 3.05) is 31.6 Å². The fourth-order valence-electron chi connectivity index (χ4n) is 2.73. The number of aliphatic imine (C=N–C) groups is 1. The smallest absolute Gasteiger partial charge is 0.191 e. The highest BCUT2D eigenvalue weighted by molar-refractivity contribution is 7.09. The van der Waals surface area contributed by atoms with Crippen molar-refractivity contribution in [2.45, 2.75) is 26.1 Å². The number of hydrogen-bond acceptors (Lipinski definition) is 5. The Morgan fingerprint density at radius 1 is 1.36 bits per heavy atom. The zero-order valence-corrected chi connectivity index (χ0v) is 15.6. The van der Waals surface area contributed by atoms with Crippen molar-refractivity contribution in [2.24, 2.45) is 4.99 Å². The fraction of sp³-hybridized carbons (Fsp3) is 0.444. The number of nitrogens with one attached hydrogen (secondary N) is 2. The zero-order valence-electron chi connectivity index (χ0n) is 14.7. The van der Waals surface area contributed by atoms with Crippen molar-refractivity contribution in [3.05, 3.63) is 46.3 Å². The Morgan fingerprint density at radius 2 is 2.24 bits per heavy atom. The Hall–Kier alpha value is -2.12. The summed E-state index contributed by atoms with van der Waals surface area (Å²) in [4.78, 5) is 12.4. The second kappa shape index (κ2) is 8.82. The van der Waals surface area contributed by atoms with Crippen molar-refractivity contribution in [3.8, 4) is 0 Å². The lowest BCUT2D eigenvalue weighted by atomic mass is 10.2. The lowest BCUT2D eigenvalue weighted by molar-refractivity contribution is 0.0529. The van der Waals surface area contributed by atoms with E-state index in [-0.39, 0.29) is 6.10 Å². The molecule has 3 heterocycles. The number of rotatable bonds is 5. The minimum Gasteiger partial charge on any atom is -0.375 e. The molecular weight excluding hydrogens is 334 g/mol. The minimum absolute atomic E-state index is 0.259. The van der Waals surface area contributed by atoms with Crippen LogP contribution in [0.25, 0.3) is 0 Å². The predicted octanol–water partition coefficient (Wildman–Crippen LogP) is 2.23. The van der Waals surface area contributed by atoms with Gasteiger partial charge in [0.05, 0.1) is 19.3 Å². The quantitative estimate of drug-likeness (QED) is 0.633. The first kappa shape index (κ1) is 17.7. The number of guanidine groups is 1. The number of anilines is 1. The summed E-state index contributed by atoms with van der Waals surface area (Å²) in [6, 6.07) is 8.36. The van der Waals surface area contributed by atoms with Gasteiger partial charge in [-0.25, -0.2) is 4.98 Å². The van der Waals surface area contributed by atoms with Crippen LogP contribution in [0.4, 0.5) is 5.82 Å². The van der Waals surface area contributed by atoms with Crippen LogP contribution in [0.5, 0.6) is 0 Å². The van der Waals surface area contributed by atoms with Gasteiger partial charge in [-0.3, -0.25) is 4.99 Å². The Balaban J connectivity index is 1.49. The summed E-state index contributed by atoms with van der Waals surface area (Å²) >= 11 is 1.74. The van der Waals surface area contributed by atoms with E-state index in [1.165, 1.54) is 4.88 Å². The molecule has 0 amide bonds. The van der Waals surface area contributed by atoms with Gasteiger partial charge < -0.3 is 20.3 Å². The maximum atomic E-state index is 5.58. The standard InChI is InChI=1S/C18H25N5OS/c1-14-13-23(7-8-24-14)17-6-5-15(10-20-17)11-21-18(19-2)22-12-16-4-3-9-25-16/h3-6,9-10,14H,7-8,11-13H2,1-2H3,(H2,19,21,22). The highest BCUT2D eigenvalue weighted by atomic mass is 32.1. The van der Waals surface area contributed by atoms with Crippen LogP contribution in [-0.4, -0.2) is 43.8 Å². The number of morpholine rings is 1. The molecular formula is C18H25N5OS. The molecule has 0 spiro atoms. The average Bonchev–Trinajstić information content (AvgIpc) is 3.16. The normalized spacial score (nSPS) is 18.2. The van der Waals surface area contributed by atoms with Crippen molar-refractivity contribution < 1.29 is 4.74 Å². The summed E-state index contributed by atoms with van der Waals surface area (Å²) in [5, 5.41) is 8.72. The van der Waals surface area contributed by atoms with E-state index in [0.29, 0.717) is 6.54 Å². The van der Waals surface area contributed by atoms with Gasteiger partial charge in [0.25, 0.3) is 0 Å². The first-order chi connectivity index (χ1) is 12.2. The molecule has 1 saturated heterocycles. The number of aromatic nitrogens is 1. The molecule has 1 aliphatic rings. The monoisotopic (exact) mass is 359 g/mol. The molecule has 1 unspecified atom stereocenters. The molecule has 1 fully saturated rings. The van der Waals surface area contributed by atoms with Crippen molar-refractivity contribution in [1.82, 2.24) is 15.6 Å². The van der Waals surface area contributed by atoms with Crippen LogP contribution < -0.4 is 15.5 Å². The molecule has 1 aliphatic heterocycles. The van der Waals surface area contributed by atoms with Gasteiger partial charge in [-0.1, -0.05) is 12.1 Å². The average molecular weight is 359 g/mol. The summed E-state index contributed by atoms with van der Waals surface area (Å²) in [5.41, 5.74) is 1.13. The molecule has 3 rings (SSSR count). The summed E-state index contributed by atoms with van der Waals surface area (Å²) in [6.45, 7) is 6.12. The van der Waals surface area contributed by atoms with Crippen LogP contribution in [-0.2, 0) is 17.8 Å². The molecule has 0 radical (unpaired) electrons. The van der Waals surface area contributed by atoms with Crippen molar-refractivity contribution in [3.63, 3.8) is 0 Å². The van der Waals surface area contributed by atoms with E-state index >= 15 is 0 Å². The lowest BCUT2D eigenvalue weighted by Gasteiger charge is -2.32. The van der Waals surface area contributed by atoms with Crippen LogP contribution >= 0.6 is 11.3 Å². The highest BCUT2D eigenvalue weighted by Crippen LogP contribution is 2.15. The van der Waals surface area contributed by atoms with E-state index in [4.69, 9.17) is 4.74 Å². The Bertz CT molecular complexity index is 671. The third-order valence-corrected chi connectivity index (χ3v) is 4.94. The third kappa shape index (κ3) is 5.17. The maximum Gasteiger partial charge on any atom is 0.191 e. The number of pyridine rings is 1. The van der Waals surface area contributed by atoms with Gasteiger partial charge in [0.15, 0.2) is 5.96 Å². The first-order valence-electron chi connectivity index (χ1n) is 8.53. The van der Waals surface area contributed by atoms with Gasteiger partial charge in [-0.05, 0) is 30.0 Å². The van der Waals surface area contributed by atoms with Crippen molar-refractivity contribution in [1.29, 1.82) is 0 Å². The van der Waals surface area contributed by atoms with E-state index < -0.39 is 0 Å². The van der Waals surface area contributed by atoms with Crippen LogP contribution in [0.2, 0.25) is 0 Å². The van der Waals surface area contributed by atoms with E-state index in [0.717, 1.165) is 43.6 Å². The maximum absolute atomic E-state index is 5.58. The van der Waals surface area contributed by atoms with E-state index in [1.807, 2.05) is 6.20 Å². The predicted molar refractivity (Wildman–Crippen MR) is 103 cm³/mol. The van der Waals surface area contributed by atoms with Gasteiger partial charge in [-0.2, -0.15) is 0 Å². The molecule has 2 aromatic rings. The topological polar surface area (TPSA) is 61.8 Å². The summed E-state index contributed by atoms with van der Waals surface area (Å²) in [6.07, 6.45) is 2.18. The van der Waals surface area contributed by atoms with Gasteiger partial charge >= 0.3 is 0 Å². The first-order valence-corrected chi connectivity index (χ1v) is 9.41.